The Hall–Kier alpha value is -9.99. The zero-order valence-corrected chi connectivity index (χ0v) is 42.2. The van der Waals surface area contributed by atoms with Crippen molar-refractivity contribution in [2.24, 2.45) is 0 Å². The summed E-state index contributed by atoms with van der Waals surface area (Å²) in [6.07, 6.45) is -9.24. The second-order valence-corrected chi connectivity index (χ2v) is 19.4. The van der Waals surface area contributed by atoms with E-state index in [1.54, 1.807) is 50.2 Å². The maximum absolute atomic E-state index is 14.4. The molecule has 3 heterocycles. The number of rotatable bonds is 9. The second-order valence-electron chi connectivity index (χ2n) is 19.4. The second kappa shape index (κ2) is 19.9. The molecule has 0 bridgehead atoms. The number of benzene rings is 9. The first-order valence-corrected chi connectivity index (χ1v) is 25.2. The molecule has 12 aromatic rings. The molecule has 0 aliphatic carbocycles. The van der Waals surface area contributed by atoms with Gasteiger partial charge in [-0.3, -0.25) is 0 Å². The third-order valence-corrected chi connectivity index (χ3v) is 13.9. The fourth-order valence-corrected chi connectivity index (χ4v) is 10.3. The molecular formula is C67H42F6N6. The number of aromatic nitrogens is 5. The van der Waals surface area contributed by atoms with Crippen LogP contribution in [-0.4, -0.2) is 24.5 Å². The highest BCUT2D eigenvalue weighted by Gasteiger charge is 2.33. The van der Waals surface area contributed by atoms with Gasteiger partial charge in [0.1, 0.15) is 0 Å². The third-order valence-electron chi connectivity index (χ3n) is 13.9. The van der Waals surface area contributed by atoms with Crippen LogP contribution in [0.15, 0.2) is 218 Å². The summed E-state index contributed by atoms with van der Waals surface area (Å²) in [6, 6.07) is 66.9. The average molecular weight is 1050 g/mol. The quantitative estimate of drug-likeness (QED) is 0.135. The van der Waals surface area contributed by atoms with E-state index in [2.05, 4.69) is 6.07 Å². The largest absolute Gasteiger partial charge is 0.416 e. The average Bonchev–Trinajstić information content (AvgIpc) is 4.08. The van der Waals surface area contributed by atoms with Crippen LogP contribution in [0.2, 0.25) is 0 Å². The molecule has 0 fully saturated rings. The molecule has 3 aromatic heterocycles. The van der Waals surface area contributed by atoms with Crippen molar-refractivity contribution >= 4 is 21.8 Å². The lowest BCUT2D eigenvalue weighted by molar-refractivity contribution is -0.138. The molecule has 0 aliphatic heterocycles. The summed E-state index contributed by atoms with van der Waals surface area (Å²) in [5.74, 6) is 0.668. The van der Waals surface area contributed by atoms with Crippen LogP contribution < -0.4 is 0 Å². The molecule has 0 unspecified atom stereocenters. The van der Waals surface area contributed by atoms with Crippen LogP contribution in [0.3, 0.4) is 0 Å². The van der Waals surface area contributed by atoms with Gasteiger partial charge in [0.25, 0.3) is 0 Å². The van der Waals surface area contributed by atoms with Gasteiger partial charge in [-0.05, 0) is 120 Å². The van der Waals surface area contributed by atoms with Crippen LogP contribution in [-0.2, 0) is 12.4 Å². The van der Waals surface area contributed by atoms with Crippen LogP contribution in [0.25, 0.3) is 118 Å². The van der Waals surface area contributed by atoms with Crippen molar-refractivity contribution in [1.82, 2.24) is 24.5 Å². The Bertz CT molecular complexity index is 3970. The molecule has 79 heavy (non-hydrogen) atoms. The number of alkyl halides is 6. The third kappa shape index (κ3) is 9.79. The van der Waals surface area contributed by atoms with Gasteiger partial charge in [-0.25, -0.2) is 19.9 Å². The van der Waals surface area contributed by atoms with E-state index in [4.69, 9.17) is 19.9 Å². The maximum atomic E-state index is 14.4. The molecule has 0 N–H and O–H groups in total. The molecule has 0 saturated heterocycles. The zero-order chi connectivity index (χ0) is 54.6. The predicted molar refractivity (Wildman–Crippen MR) is 300 cm³/mol. The Labute approximate surface area is 450 Å². The van der Waals surface area contributed by atoms with Gasteiger partial charge in [0.15, 0.2) is 11.6 Å². The number of hydrogen-bond acceptors (Lipinski definition) is 5. The summed E-state index contributed by atoms with van der Waals surface area (Å²) in [7, 11) is 0. The molecule has 0 amide bonds. The normalized spacial score (nSPS) is 11.8. The fourth-order valence-electron chi connectivity index (χ4n) is 10.3. The number of nitriles is 1. The van der Waals surface area contributed by atoms with E-state index in [0.29, 0.717) is 101 Å². The highest BCUT2D eigenvalue weighted by Crippen LogP contribution is 2.45. The van der Waals surface area contributed by atoms with Gasteiger partial charge in [0.2, 0.25) is 0 Å². The fraction of sp³-hybridized carbons (Fsp3) is 0.0597. The van der Waals surface area contributed by atoms with Crippen molar-refractivity contribution < 1.29 is 26.3 Å². The van der Waals surface area contributed by atoms with Crippen molar-refractivity contribution in [2.45, 2.75) is 26.2 Å². The van der Waals surface area contributed by atoms with Crippen molar-refractivity contribution in [3.8, 4) is 102 Å². The number of nitrogens with zero attached hydrogens (tertiary/aromatic N) is 6. The van der Waals surface area contributed by atoms with Crippen molar-refractivity contribution in [2.75, 3.05) is 0 Å². The van der Waals surface area contributed by atoms with E-state index in [-0.39, 0.29) is 11.4 Å². The monoisotopic (exact) mass is 1040 g/mol. The minimum Gasteiger partial charge on any atom is -0.308 e. The minimum absolute atomic E-state index is 0.259. The van der Waals surface area contributed by atoms with E-state index in [1.165, 1.54) is 0 Å². The van der Waals surface area contributed by atoms with Gasteiger partial charge >= 0.3 is 12.4 Å². The van der Waals surface area contributed by atoms with E-state index in [9.17, 15) is 31.6 Å². The standard InChI is InChI=1S/C67H42F6N6/c1-40-27-49(33-51(29-40)66(68,69)70)47-23-25-61-53(35-47)54-36-48(50-28-41(2)30-52(34-50)67(71,72)73)24-26-62(54)79(61)63-55(60-38-59(45-19-11-5-12-20-45)75-64(78-60)46-21-13-6-14-22-46)31-42(39-74)32-56(63)65-76-57(43-15-7-3-8-16-43)37-58(77-65)44-17-9-4-10-18-44/h3-38H,1-2H3. The molecule has 12 heteroatoms. The molecule has 0 saturated carbocycles. The van der Waals surface area contributed by atoms with Crippen molar-refractivity contribution in [3.63, 3.8) is 0 Å². The first kappa shape index (κ1) is 49.9. The number of aryl methyl sites for hydroxylation is 2. The van der Waals surface area contributed by atoms with Crippen molar-refractivity contribution in [3.05, 3.63) is 246 Å². The van der Waals surface area contributed by atoms with Gasteiger partial charge < -0.3 is 4.57 Å². The van der Waals surface area contributed by atoms with Crippen LogP contribution in [0.5, 0.6) is 0 Å². The maximum Gasteiger partial charge on any atom is 0.416 e. The van der Waals surface area contributed by atoms with E-state index in [0.717, 1.165) is 46.5 Å². The number of halogens is 6. The minimum atomic E-state index is -4.62. The zero-order valence-electron chi connectivity index (χ0n) is 42.2. The molecular weight excluding hydrogens is 1000 g/mol. The molecule has 9 aromatic carbocycles. The lowest BCUT2D eigenvalue weighted by Crippen LogP contribution is -2.06. The summed E-state index contributed by atoms with van der Waals surface area (Å²) in [5.41, 5.74) is 9.00. The van der Waals surface area contributed by atoms with Crippen LogP contribution in [0, 0.1) is 25.2 Å². The SMILES string of the molecule is Cc1cc(-c2ccc3c(c2)c2cc(-c4cc(C)cc(C(F)(F)F)c4)ccc2n3-c2c(-c3cc(-c4ccccc4)nc(-c4ccccc4)n3)cc(C#N)cc2-c2nc(-c3ccccc3)cc(-c3ccccc3)n2)cc(C(F)(F)F)c1. The Kier molecular flexibility index (Phi) is 12.5. The molecule has 12 rings (SSSR count). The summed E-state index contributed by atoms with van der Waals surface area (Å²) < 4.78 is 88.6. The summed E-state index contributed by atoms with van der Waals surface area (Å²) in [4.78, 5) is 21.0. The van der Waals surface area contributed by atoms with Gasteiger partial charge in [-0.15, -0.1) is 0 Å². The van der Waals surface area contributed by atoms with Crippen LogP contribution in [0.4, 0.5) is 26.3 Å². The van der Waals surface area contributed by atoms with Gasteiger partial charge in [-0.2, -0.15) is 31.6 Å². The number of fused-ring (bicyclic) bond motifs is 3. The van der Waals surface area contributed by atoms with E-state index in [1.807, 2.05) is 162 Å². The molecule has 382 valence electrons. The summed E-state index contributed by atoms with van der Waals surface area (Å²) >= 11 is 0. The van der Waals surface area contributed by atoms with Gasteiger partial charge in [0, 0.05) is 44.2 Å². The number of hydrogen-bond donors (Lipinski definition) is 0. The Balaban J connectivity index is 1.23. The van der Waals surface area contributed by atoms with Crippen LogP contribution in [0.1, 0.15) is 27.8 Å². The van der Waals surface area contributed by atoms with Crippen molar-refractivity contribution in [1.29, 1.82) is 5.26 Å². The Morgan fingerprint density at radius 2 is 0.759 bits per heavy atom. The predicted octanol–water partition coefficient (Wildman–Crippen LogP) is 18.2. The van der Waals surface area contributed by atoms with E-state index >= 15 is 0 Å². The van der Waals surface area contributed by atoms with E-state index < -0.39 is 23.5 Å². The Morgan fingerprint density at radius 3 is 1.19 bits per heavy atom. The lowest BCUT2D eigenvalue weighted by atomic mass is 9.96. The van der Waals surface area contributed by atoms with Gasteiger partial charge in [-0.1, -0.05) is 146 Å². The topological polar surface area (TPSA) is 80.3 Å². The Morgan fingerprint density at radius 1 is 0.367 bits per heavy atom. The molecule has 0 spiro atoms. The van der Waals surface area contributed by atoms with Crippen LogP contribution >= 0.6 is 0 Å². The highest BCUT2D eigenvalue weighted by molar-refractivity contribution is 6.13. The molecule has 6 nitrogen and oxygen atoms in total. The highest BCUT2D eigenvalue weighted by atomic mass is 19.4. The molecule has 0 atom stereocenters. The summed E-state index contributed by atoms with van der Waals surface area (Å²) in [5, 5.41) is 12.2. The summed E-state index contributed by atoms with van der Waals surface area (Å²) in [6.45, 7) is 3.22. The molecule has 0 aliphatic rings. The first-order chi connectivity index (χ1) is 38.1. The van der Waals surface area contributed by atoms with Gasteiger partial charge in [0.05, 0.1) is 62.3 Å². The lowest BCUT2D eigenvalue weighted by Gasteiger charge is -2.20. The molecule has 0 radical (unpaired) electrons. The first-order valence-electron chi connectivity index (χ1n) is 25.2. The smallest absolute Gasteiger partial charge is 0.308 e.